The van der Waals surface area contributed by atoms with Crippen molar-refractivity contribution < 1.29 is 4.79 Å². The number of nitrogens with one attached hydrogen (secondary N) is 1. The van der Waals surface area contributed by atoms with Crippen LogP contribution >= 0.6 is 0 Å². The number of nitrogen functional groups attached to an aromatic ring is 1. The lowest BCUT2D eigenvalue weighted by Gasteiger charge is -2.14. The summed E-state index contributed by atoms with van der Waals surface area (Å²) >= 11 is 0. The minimum atomic E-state index is -0.222. The number of nitrogens with two attached hydrogens (primary N) is 1. The Bertz CT molecular complexity index is 409. The van der Waals surface area contributed by atoms with Gasteiger partial charge >= 0.3 is 0 Å². The van der Waals surface area contributed by atoms with E-state index in [9.17, 15) is 4.79 Å². The zero-order chi connectivity index (χ0) is 12.0. The zero-order valence-corrected chi connectivity index (χ0v) is 9.23. The van der Waals surface area contributed by atoms with Gasteiger partial charge in [-0.1, -0.05) is 19.1 Å². The standard InChI is InChI=1S/C12H15N3O/c1-2-9(7-8-13)15-12(16)10-5-3-4-6-11(10)14/h3-6,9H,2,7,14H2,1H3,(H,15,16). The van der Waals surface area contributed by atoms with Gasteiger partial charge < -0.3 is 11.1 Å². The zero-order valence-electron chi connectivity index (χ0n) is 9.23. The van der Waals surface area contributed by atoms with Crippen LogP contribution in [0.15, 0.2) is 24.3 Å². The first-order valence-corrected chi connectivity index (χ1v) is 5.21. The van der Waals surface area contributed by atoms with E-state index in [1.54, 1.807) is 24.3 Å². The van der Waals surface area contributed by atoms with Crippen LogP contribution in [0, 0.1) is 11.3 Å². The molecule has 0 aliphatic carbocycles. The van der Waals surface area contributed by atoms with Gasteiger partial charge in [0.05, 0.1) is 18.1 Å². The first-order valence-electron chi connectivity index (χ1n) is 5.21. The molecule has 3 N–H and O–H groups in total. The molecule has 0 saturated heterocycles. The number of nitriles is 1. The molecule has 0 fully saturated rings. The maximum atomic E-state index is 11.8. The molecule has 1 atom stereocenters. The van der Waals surface area contributed by atoms with Crippen LogP contribution in [-0.4, -0.2) is 11.9 Å². The van der Waals surface area contributed by atoms with Gasteiger partial charge in [-0.25, -0.2) is 0 Å². The number of rotatable bonds is 4. The summed E-state index contributed by atoms with van der Waals surface area (Å²) in [5.41, 5.74) is 6.59. The molecule has 0 saturated carbocycles. The first-order chi connectivity index (χ1) is 7.69. The second-order valence-corrected chi connectivity index (χ2v) is 3.53. The molecule has 4 heteroatoms. The molecule has 0 aliphatic rings. The summed E-state index contributed by atoms with van der Waals surface area (Å²) in [6.45, 7) is 1.93. The lowest BCUT2D eigenvalue weighted by molar-refractivity contribution is 0.0937. The molecule has 0 bridgehead atoms. The fourth-order valence-electron chi connectivity index (χ4n) is 1.37. The minimum Gasteiger partial charge on any atom is -0.398 e. The summed E-state index contributed by atoms with van der Waals surface area (Å²) in [7, 11) is 0. The van der Waals surface area contributed by atoms with Crippen molar-refractivity contribution in [2.24, 2.45) is 0 Å². The van der Waals surface area contributed by atoms with E-state index < -0.39 is 0 Å². The molecule has 0 aliphatic heterocycles. The number of nitrogens with zero attached hydrogens (tertiary/aromatic N) is 1. The van der Waals surface area contributed by atoms with Crippen LogP contribution in [0.4, 0.5) is 5.69 Å². The Morgan fingerprint density at radius 2 is 2.25 bits per heavy atom. The Hall–Kier alpha value is -2.02. The fourth-order valence-corrected chi connectivity index (χ4v) is 1.37. The van der Waals surface area contributed by atoms with Gasteiger partial charge in [-0.3, -0.25) is 4.79 Å². The van der Waals surface area contributed by atoms with E-state index in [4.69, 9.17) is 11.0 Å². The van der Waals surface area contributed by atoms with Crippen LogP contribution < -0.4 is 11.1 Å². The van der Waals surface area contributed by atoms with Gasteiger partial charge in [0.25, 0.3) is 5.91 Å². The van der Waals surface area contributed by atoms with E-state index in [2.05, 4.69) is 5.32 Å². The van der Waals surface area contributed by atoms with Crippen molar-refractivity contribution in [3.8, 4) is 6.07 Å². The molecule has 1 aromatic carbocycles. The number of amides is 1. The molecule has 1 amide bonds. The van der Waals surface area contributed by atoms with Crippen molar-refractivity contribution in [2.75, 3.05) is 5.73 Å². The SMILES string of the molecule is CCC(CC#N)NC(=O)c1ccccc1N. The van der Waals surface area contributed by atoms with Crippen LogP contribution in [0.1, 0.15) is 30.1 Å². The van der Waals surface area contributed by atoms with E-state index in [1.807, 2.05) is 13.0 Å². The van der Waals surface area contributed by atoms with E-state index in [-0.39, 0.29) is 11.9 Å². The van der Waals surface area contributed by atoms with Crippen LogP contribution in [-0.2, 0) is 0 Å². The van der Waals surface area contributed by atoms with E-state index >= 15 is 0 Å². The van der Waals surface area contributed by atoms with Gasteiger partial charge in [-0.05, 0) is 18.6 Å². The molecule has 84 valence electrons. The third-order valence-corrected chi connectivity index (χ3v) is 2.37. The lowest BCUT2D eigenvalue weighted by Crippen LogP contribution is -2.34. The van der Waals surface area contributed by atoms with Crippen LogP contribution in [0.3, 0.4) is 0 Å². The van der Waals surface area contributed by atoms with Crippen molar-refractivity contribution in [2.45, 2.75) is 25.8 Å². The van der Waals surface area contributed by atoms with Crippen molar-refractivity contribution >= 4 is 11.6 Å². The smallest absolute Gasteiger partial charge is 0.253 e. The molecule has 1 rings (SSSR count). The maximum absolute atomic E-state index is 11.8. The number of carbonyl (C=O) groups is 1. The Morgan fingerprint density at radius 1 is 1.56 bits per heavy atom. The first kappa shape index (κ1) is 12.1. The summed E-state index contributed by atoms with van der Waals surface area (Å²) < 4.78 is 0. The summed E-state index contributed by atoms with van der Waals surface area (Å²) in [5, 5.41) is 11.4. The van der Waals surface area contributed by atoms with E-state index in [0.29, 0.717) is 17.7 Å². The second-order valence-electron chi connectivity index (χ2n) is 3.53. The monoisotopic (exact) mass is 217 g/mol. The highest BCUT2D eigenvalue weighted by molar-refractivity contribution is 5.99. The summed E-state index contributed by atoms with van der Waals surface area (Å²) in [6, 6.07) is 8.82. The Kier molecular flexibility index (Phi) is 4.34. The molecule has 16 heavy (non-hydrogen) atoms. The third-order valence-electron chi connectivity index (χ3n) is 2.37. The normalized spacial score (nSPS) is 11.5. The van der Waals surface area contributed by atoms with Gasteiger partial charge in [0.15, 0.2) is 0 Å². The quantitative estimate of drug-likeness (QED) is 0.753. The van der Waals surface area contributed by atoms with E-state index in [1.165, 1.54) is 0 Å². The Balaban J connectivity index is 2.73. The average molecular weight is 217 g/mol. The highest BCUT2D eigenvalue weighted by Crippen LogP contribution is 2.11. The van der Waals surface area contributed by atoms with Crippen molar-refractivity contribution in [3.63, 3.8) is 0 Å². The van der Waals surface area contributed by atoms with Crippen molar-refractivity contribution in [3.05, 3.63) is 29.8 Å². The molecular weight excluding hydrogens is 202 g/mol. The number of hydrogen-bond acceptors (Lipinski definition) is 3. The average Bonchev–Trinajstić information content (AvgIpc) is 2.28. The van der Waals surface area contributed by atoms with Crippen LogP contribution in [0.25, 0.3) is 0 Å². The van der Waals surface area contributed by atoms with E-state index in [0.717, 1.165) is 6.42 Å². The third kappa shape index (κ3) is 2.99. The largest absolute Gasteiger partial charge is 0.398 e. The molecule has 1 unspecified atom stereocenters. The Labute approximate surface area is 95.1 Å². The predicted molar refractivity (Wildman–Crippen MR) is 62.6 cm³/mol. The van der Waals surface area contributed by atoms with Gasteiger partial charge in [-0.15, -0.1) is 0 Å². The number of para-hydroxylation sites is 1. The predicted octanol–water partition coefficient (Wildman–Crippen LogP) is 1.69. The molecule has 0 aromatic heterocycles. The summed E-state index contributed by atoms with van der Waals surface area (Å²) in [6.07, 6.45) is 1.04. The minimum absolute atomic E-state index is 0.114. The molecule has 0 radical (unpaired) electrons. The van der Waals surface area contributed by atoms with Crippen molar-refractivity contribution in [1.82, 2.24) is 5.32 Å². The summed E-state index contributed by atoms with van der Waals surface area (Å²) in [4.78, 5) is 11.8. The fraction of sp³-hybridized carbons (Fsp3) is 0.333. The molecule has 0 spiro atoms. The van der Waals surface area contributed by atoms with Gasteiger partial charge in [0.2, 0.25) is 0 Å². The lowest BCUT2D eigenvalue weighted by atomic mass is 10.1. The van der Waals surface area contributed by atoms with Gasteiger partial charge in [-0.2, -0.15) is 5.26 Å². The highest BCUT2D eigenvalue weighted by Gasteiger charge is 2.13. The number of benzene rings is 1. The maximum Gasteiger partial charge on any atom is 0.253 e. The van der Waals surface area contributed by atoms with Gasteiger partial charge in [0, 0.05) is 11.7 Å². The van der Waals surface area contributed by atoms with Crippen LogP contribution in [0.5, 0.6) is 0 Å². The number of carbonyl (C=O) groups excluding carboxylic acids is 1. The molecule has 4 nitrogen and oxygen atoms in total. The molecular formula is C12H15N3O. The highest BCUT2D eigenvalue weighted by atomic mass is 16.1. The number of hydrogen-bond donors (Lipinski definition) is 2. The van der Waals surface area contributed by atoms with Crippen LogP contribution in [0.2, 0.25) is 0 Å². The van der Waals surface area contributed by atoms with Gasteiger partial charge in [0.1, 0.15) is 0 Å². The number of anilines is 1. The Morgan fingerprint density at radius 3 is 2.81 bits per heavy atom. The second kappa shape index (κ2) is 5.76. The van der Waals surface area contributed by atoms with Crippen molar-refractivity contribution in [1.29, 1.82) is 5.26 Å². The molecule has 1 aromatic rings. The topological polar surface area (TPSA) is 78.9 Å². The summed E-state index contributed by atoms with van der Waals surface area (Å²) in [5.74, 6) is -0.222. The molecule has 0 heterocycles.